The fourth-order valence-electron chi connectivity index (χ4n) is 1.81. The minimum atomic E-state index is -0.381. The number of nitro benzene ring substituents is 1. The number of anilines is 1. The van der Waals surface area contributed by atoms with Gasteiger partial charge in [0.05, 0.1) is 10.6 Å². The standard InChI is InChI=1S/C12H17BrN2O3/c1-3-14(5-4-6-16)12-7-9(2)11(15(17)18)8-10(12)13/h7-8,16H,3-6H2,1-2H3. The summed E-state index contributed by atoms with van der Waals surface area (Å²) in [5.74, 6) is 0. The molecule has 0 bridgehead atoms. The monoisotopic (exact) mass is 316 g/mol. The highest BCUT2D eigenvalue weighted by Gasteiger charge is 2.16. The van der Waals surface area contributed by atoms with E-state index in [1.165, 1.54) is 6.07 Å². The van der Waals surface area contributed by atoms with E-state index in [0.29, 0.717) is 16.5 Å². The minimum Gasteiger partial charge on any atom is -0.396 e. The molecule has 1 aromatic rings. The Morgan fingerprint density at radius 3 is 2.67 bits per heavy atom. The molecule has 6 heteroatoms. The van der Waals surface area contributed by atoms with Crippen LogP contribution in [0.5, 0.6) is 0 Å². The van der Waals surface area contributed by atoms with Crippen molar-refractivity contribution < 1.29 is 10.0 Å². The van der Waals surface area contributed by atoms with Gasteiger partial charge in [-0.15, -0.1) is 0 Å². The Balaban J connectivity index is 3.08. The molecule has 0 unspecified atom stereocenters. The number of hydrogen-bond donors (Lipinski definition) is 1. The lowest BCUT2D eigenvalue weighted by molar-refractivity contribution is -0.385. The van der Waals surface area contributed by atoms with Gasteiger partial charge in [-0.3, -0.25) is 10.1 Å². The summed E-state index contributed by atoms with van der Waals surface area (Å²) in [6.45, 7) is 5.40. The average Bonchev–Trinajstić information content (AvgIpc) is 2.33. The van der Waals surface area contributed by atoms with Crippen LogP contribution in [-0.4, -0.2) is 29.7 Å². The first kappa shape index (κ1) is 14.9. The molecule has 0 atom stereocenters. The summed E-state index contributed by atoms with van der Waals surface area (Å²) in [7, 11) is 0. The van der Waals surface area contributed by atoms with Crippen LogP contribution in [0.2, 0.25) is 0 Å². The lowest BCUT2D eigenvalue weighted by atomic mass is 10.1. The van der Waals surface area contributed by atoms with Gasteiger partial charge in [-0.1, -0.05) is 0 Å². The zero-order valence-electron chi connectivity index (χ0n) is 10.5. The zero-order chi connectivity index (χ0) is 13.7. The van der Waals surface area contributed by atoms with Crippen LogP contribution in [-0.2, 0) is 0 Å². The Hall–Kier alpha value is -1.14. The third-order valence-corrected chi connectivity index (χ3v) is 3.41. The molecule has 1 rings (SSSR count). The number of hydrogen-bond acceptors (Lipinski definition) is 4. The molecule has 0 saturated carbocycles. The number of benzene rings is 1. The van der Waals surface area contributed by atoms with E-state index in [-0.39, 0.29) is 17.2 Å². The van der Waals surface area contributed by atoms with Crippen molar-refractivity contribution in [3.63, 3.8) is 0 Å². The van der Waals surface area contributed by atoms with E-state index in [1.54, 1.807) is 6.92 Å². The molecule has 0 aromatic heterocycles. The van der Waals surface area contributed by atoms with E-state index in [9.17, 15) is 10.1 Å². The summed E-state index contributed by atoms with van der Waals surface area (Å²) >= 11 is 3.37. The number of aliphatic hydroxyl groups excluding tert-OH is 1. The fourth-order valence-corrected chi connectivity index (χ4v) is 2.39. The van der Waals surface area contributed by atoms with Gasteiger partial charge in [0.2, 0.25) is 0 Å². The highest BCUT2D eigenvalue weighted by atomic mass is 79.9. The molecule has 0 amide bonds. The van der Waals surface area contributed by atoms with Crippen LogP contribution in [0.4, 0.5) is 11.4 Å². The number of nitro groups is 1. The van der Waals surface area contributed by atoms with Crippen LogP contribution in [0.1, 0.15) is 18.9 Å². The molecule has 1 N–H and O–H groups in total. The summed E-state index contributed by atoms with van der Waals surface area (Å²) in [4.78, 5) is 12.5. The minimum absolute atomic E-state index is 0.115. The smallest absolute Gasteiger partial charge is 0.273 e. The van der Waals surface area contributed by atoms with Gasteiger partial charge in [-0.2, -0.15) is 0 Å². The predicted octanol–water partition coefficient (Wildman–Crippen LogP) is 2.87. The average molecular weight is 317 g/mol. The van der Waals surface area contributed by atoms with Crippen LogP contribution in [0.3, 0.4) is 0 Å². The number of halogens is 1. The SMILES string of the molecule is CCN(CCCO)c1cc(C)c([N+](=O)[O-])cc1Br. The maximum atomic E-state index is 10.8. The Kier molecular flexibility index (Phi) is 5.55. The third kappa shape index (κ3) is 3.43. The molecular formula is C12H17BrN2O3. The van der Waals surface area contributed by atoms with E-state index in [2.05, 4.69) is 20.8 Å². The van der Waals surface area contributed by atoms with Crippen LogP contribution in [0.15, 0.2) is 16.6 Å². The van der Waals surface area contributed by atoms with E-state index in [1.807, 2.05) is 13.0 Å². The summed E-state index contributed by atoms with van der Waals surface area (Å²) in [6.07, 6.45) is 0.677. The van der Waals surface area contributed by atoms with Crippen molar-refractivity contribution in [2.24, 2.45) is 0 Å². The maximum absolute atomic E-state index is 10.8. The molecule has 0 radical (unpaired) electrons. The van der Waals surface area contributed by atoms with Gasteiger partial charge in [0, 0.05) is 35.8 Å². The van der Waals surface area contributed by atoms with E-state index >= 15 is 0 Å². The van der Waals surface area contributed by atoms with Crippen molar-refractivity contribution in [1.29, 1.82) is 0 Å². The largest absolute Gasteiger partial charge is 0.396 e. The quantitative estimate of drug-likeness (QED) is 0.647. The van der Waals surface area contributed by atoms with Crippen molar-refractivity contribution in [3.8, 4) is 0 Å². The Bertz CT molecular complexity index is 438. The second-order valence-corrected chi connectivity index (χ2v) is 4.86. The van der Waals surface area contributed by atoms with Crippen LogP contribution >= 0.6 is 15.9 Å². The van der Waals surface area contributed by atoms with Crippen LogP contribution < -0.4 is 4.90 Å². The maximum Gasteiger partial charge on any atom is 0.273 e. The first-order chi connectivity index (χ1) is 8.51. The molecule has 0 fully saturated rings. The normalized spacial score (nSPS) is 10.4. The number of aryl methyl sites for hydroxylation is 1. The molecule has 0 aliphatic rings. The van der Waals surface area contributed by atoms with Gasteiger partial charge in [0.25, 0.3) is 5.69 Å². The molecule has 1 aromatic carbocycles. The first-order valence-electron chi connectivity index (χ1n) is 5.81. The molecule has 5 nitrogen and oxygen atoms in total. The summed E-state index contributed by atoms with van der Waals surface area (Å²) in [6, 6.07) is 3.34. The van der Waals surface area contributed by atoms with Crippen molar-refractivity contribution >= 4 is 27.3 Å². The van der Waals surface area contributed by atoms with Crippen LogP contribution in [0.25, 0.3) is 0 Å². The second kappa shape index (κ2) is 6.70. The molecule has 0 aliphatic carbocycles. The third-order valence-electron chi connectivity index (χ3n) is 2.77. The lowest BCUT2D eigenvalue weighted by Gasteiger charge is -2.24. The van der Waals surface area contributed by atoms with E-state index < -0.39 is 0 Å². The van der Waals surface area contributed by atoms with Gasteiger partial charge in [-0.05, 0) is 42.3 Å². The predicted molar refractivity (Wildman–Crippen MR) is 75.1 cm³/mol. The Labute approximate surface area is 115 Å². The molecule has 0 aliphatic heterocycles. The van der Waals surface area contributed by atoms with Gasteiger partial charge >= 0.3 is 0 Å². The molecule has 18 heavy (non-hydrogen) atoms. The van der Waals surface area contributed by atoms with Crippen molar-refractivity contribution in [2.75, 3.05) is 24.6 Å². The van der Waals surface area contributed by atoms with Crippen molar-refractivity contribution in [2.45, 2.75) is 20.3 Å². The summed E-state index contributed by atoms with van der Waals surface area (Å²) < 4.78 is 0.708. The number of nitrogens with zero attached hydrogens (tertiary/aromatic N) is 2. The second-order valence-electron chi connectivity index (χ2n) is 4.00. The fraction of sp³-hybridized carbons (Fsp3) is 0.500. The zero-order valence-corrected chi connectivity index (χ0v) is 12.1. The summed E-state index contributed by atoms with van der Waals surface area (Å²) in [5.41, 5.74) is 1.68. The van der Waals surface area contributed by atoms with Gasteiger partial charge in [-0.25, -0.2) is 0 Å². The van der Waals surface area contributed by atoms with Crippen LogP contribution in [0, 0.1) is 17.0 Å². The van der Waals surface area contributed by atoms with Gasteiger partial charge in [0.15, 0.2) is 0 Å². The Morgan fingerprint density at radius 2 is 2.17 bits per heavy atom. The molecule has 0 spiro atoms. The summed E-state index contributed by atoms with van der Waals surface area (Å²) in [5, 5.41) is 19.7. The number of rotatable bonds is 6. The lowest BCUT2D eigenvalue weighted by Crippen LogP contribution is -2.25. The topological polar surface area (TPSA) is 66.6 Å². The highest BCUT2D eigenvalue weighted by molar-refractivity contribution is 9.10. The van der Waals surface area contributed by atoms with E-state index in [0.717, 1.165) is 18.8 Å². The molecule has 100 valence electrons. The molecule has 0 heterocycles. The molecule has 0 saturated heterocycles. The first-order valence-corrected chi connectivity index (χ1v) is 6.60. The van der Waals surface area contributed by atoms with Gasteiger partial charge < -0.3 is 10.0 Å². The molecular weight excluding hydrogens is 300 g/mol. The van der Waals surface area contributed by atoms with Crippen molar-refractivity contribution in [1.82, 2.24) is 0 Å². The number of aliphatic hydroxyl groups is 1. The van der Waals surface area contributed by atoms with E-state index in [4.69, 9.17) is 5.11 Å². The van der Waals surface area contributed by atoms with Gasteiger partial charge in [0.1, 0.15) is 0 Å². The Morgan fingerprint density at radius 1 is 1.50 bits per heavy atom. The van der Waals surface area contributed by atoms with Crippen molar-refractivity contribution in [3.05, 3.63) is 32.3 Å². The highest BCUT2D eigenvalue weighted by Crippen LogP contribution is 2.33.